The maximum atomic E-state index is 13.3. The van der Waals surface area contributed by atoms with Crippen molar-refractivity contribution in [2.24, 2.45) is 7.05 Å². The van der Waals surface area contributed by atoms with Crippen molar-refractivity contribution in [1.29, 1.82) is 0 Å². The third kappa shape index (κ3) is 4.66. The molecule has 0 aliphatic carbocycles. The zero-order valence-electron chi connectivity index (χ0n) is 16.6. The minimum absolute atomic E-state index is 0.112. The van der Waals surface area contributed by atoms with E-state index in [1.807, 2.05) is 0 Å². The van der Waals surface area contributed by atoms with E-state index < -0.39 is 21.9 Å². The van der Waals surface area contributed by atoms with E-state index in [9.17, 15) is 17.6 Å². The Kier molecular flexibility index (Phi) is 5.72. The van der Waals surface area contributed by atoms with Gasteiger partial charge in [-0.15, -0.1) is 0 Å². The van der Waals surface area contributed by atoms with Crippen LogP contribution >= 0.6 is 11.6 Å². The summed E-state index contributed by atoms with van der Waals surface area (Å²) in [5.74, 6) is -1.07. The van der Waals surface area contributed by atoms with E-state index in [0.29, 0.717) is 22.3 Å². The second kappa shape index (κ2) is 8.48. The molecule has 4 aromatic rings. The van der Waals surface area contributed by atoms with Crippen LogP contribution in [0, 0.1) is 5.82 Å². The molecule has 0 atom stereocenters. The highest BCUT2D eigenvalue weighted by atomic mass is 35.5. The second-order valence-corrected chi connectivity index (χ2v) is 8.68. The van der Waals surface area contributed by atoms with Crippen molar-refractivity contribution in [3.05, 3.63) is 83.3 Å². The number of aryl methyl sites for hydroxylation is 1. The van der Waals surface area contributed by atoms with Crippen molar-refractivity contribution in [1.82, 2.24) is 9.78 Å². The van der Waals surface area contributed by atoms with Gasteiger partial charge in [0.25, 0.3) is 5.91 Å². The number of halogens is 2. The lowest BCUT2D eigenvalue weighted by Crippen LogP contribution is -2.21. The summed E-state index contributed by atoms with van der Waals surface area (Å²) in [7, 11) is -2.29. The van der Waals surface area contributed by atoms with Crippen LogP contribution in [0.1, 0.15) is 10.5 Å². The molecular weight excluding hydrogens is 457 g/mol. The molecule has 3 aromatic carbocycles. The third-order valence-electron chi connectivity index (χ3n) is 4.50. The van der Waals surface area contributed by atoms with Gasteiger partial charge >= 0.3 is 10.2 Å². The van der Waals surface area contributed by atoms with Gasteiger partial charge in [0.15, 0.2) is 0 Å². The molecule has 11 heteroatoms. The molecule has 0 saturated carbocycles. The van der Waals surface area contributed by atoms with E-state index in [4.69, 9.17) is 11.6 Å². The van der Waals surface area contributed by atoms with E-state index in [1.165, 1.54) is 28.9 Å². The van der Waals surface area contributed by atoms with Crippen molar-refractivity contribution >= 4 is 55.7 Å². The fourth-order valence-corrected chi connectivity index (χ4v) is 4.25. The van der Waals surface area contributed by atoms with E-state index in [2.05, 4.69) is 19.9 Å². The lowest BCUT2D eigenvalue weighted by molar-refractivity contribution is 0.101. The largest absolute Gasteiger partial charge is 0.321 e. The summed E-state index contributed by atoms with van der Waals surface area (Å²) in [5, 5.41) is 7.35. The number of hydrogen-bond donors (Lipinski definition) is 3. The molecule has 3 N–H and O–H groups in total. The molecule has 4 rings (SSSR count). The SMILES string of the molecule is Cn1nc2cc(NS(=O)(=O)Nc3ccccc3)ccc2c1C(=O)Nc1ccc(F)c(Cl)c1. The Bertz CT molecular complexity index is 1420. The van der Waals surface area contributed by atoms with Crippen molar-refractivity contribution in [2.75, 3.05) is 14.8 Å². The lowest BCUT2D eigenvalue weighted by atomic mass is 10.2. The summed E-state index contributed by atoms with van der Waals surface area (Å²) in [6.07, 6.45) is 0. The first kappa shape index (κ1) is 21.6. The number of carbonyl (C=O) groups excluding carboxylic acids is 1. The molecule has 32 heavy (non-hydrogen) atoms. The fraction of sp³-hybridized carbons (Fsp3) is 0.0476. The smallest absolute Gasteiger partial charge is 0.321 e. The van der Waals surface area contributed by atoms with Gasteiger partial charge in [-0.2, -0.15) is 13.5 Å². The Hall–Kier alpha value is -3.63. The average Bonchev–Trinajstić information content (AvgIpc) is 3.05. The Labute approximate surface area is 188 Å². The quantitative estimate of drug-likeness (QED) is 0.386. The molecule has 0 spiro atoms. The molecule has 0 aliphatic rings. The number of para-hydroxylation sites is 1. The number of nitrogens with zero attached hydrogens (tertiary/aromatic N) is 2. The molecule has 0 radical (unpaired) electrons. The zero-order chi connectivity index (χ0) is 22.9. The molecule has 1 aromatic heterocycles. The summed E-state index contributed by atoms with van der Waals surface area (Å²) in [5.41, 5.74) is 1.68. The van der Waals surface area contributed by atoms with Crippen LogP contribution in [0.5, 0.6) is 0 Å². The van der Waals surface area contributed by atoms with Gasteiger partial charge in [-0.1, -0.05) is 29.8 Å². The van der Waals surface area contributed by atoms with Gasteiger partial charge in [-0.25, -0.2) is 4.39 Å². The Morgan fingerprint density at radius 2 is 1.66 bits per heavy atom. The van der Waals surface area contributed by atoms with Crippen LogP contribution in [0.25, 0.3) is 10.9 Å². The summed E-state index contributed by atoms with van der Waals surface area (Å²) < 4.78 is 44.4. The first-order valence-electron chi connectivity index (χ1n) is 9.30. The topological polar surface area (TPSA) is 105 Å². The number of carbonyl (C=O) groups is 1. The highest BCUT2D eigenvalue weighted by Crippen LogP contribution is 2.25. The van der Waals surface area contributed by atoms with E-state index in [1.54, 1.807) is 43.4 Å². The predicted octanol–water partition coefficient (Wildman–Crippen LogP) is 4.39. The standard InChI is InChI=1S/C21H17ClFN5O3S/c1-28-20(21(29)24-14-8-10-18(23)17(22)11-14)16-9-7-15(12-19(16)25-28)27-32(30,31)26-13-5-3-2-4-6-13/h2-12,26-27H,1H3,(H,24,29). The van der Waals surface area contributed by atoms with E-state index in [-0.39, 0.29) is 16.4 Å². The monoisotopic (exact) mass is 473 g/mol. The minimum atomic E-state index is -3.88. The van der Waals surface area contributed by atoms with Gasteiger partial charge in [0.05, 0.1) is 21.9 Å². The van der Waals surface area contributed by atoms with Gasteiger partial charge in [0.2, 0.25) is 0 Å². The van der Waals surface area contributed by atoms with Crippen LogP contribution in [0.15, 0.2) is 66.7 Å². The molecule has 1 amide bonds. The number of hydrogen-bond acceptors (Lipinski definition) is 4. The van der Waals surface area contributed by atoms with Crippen molar-refractivity contribution in [3.63, 3.8) is 0 Å². The van der Waals surface area contributed by atoms with Crippen molar-refractivity contribution < 1.29 is 17.6 Å². The van der Waals surface area contributed by atoms with Crippen LogP contribution < -0.4 is 14.8 Å². The molecule has 0 unspecified atom stereocenters. The normalized spacial score (nSPS) is 11.3. The number of nitrogens with one attached hydrogen (secondary N) is 3. The molecule has 0 saturated heterocycles. The summed E-state index contributed by atoms with van der Waals surface area (Å²) in [4.78, 5) is 12.8. The molecule has 8 nitrogen and oxygen atoms in total. The van der Waals surface area contributed by atoms with Gasteiger partial charge in [-0.3, -0.25) is 18.9 Å². The average molecular weight is 474 g/mol. The van der Waals surface area contributed by atoms with Gasteiger partial charge in [-0.05, 0) is 48.5 Å². The second-order valence-electron chi connectivity index (χ2n) is 6.86. The van der Waals surface area contributed by atoms with Crippen LogP contribution in [0.3, 0.4) is 0 Å². The molecule has 0 aliphatic heterocycles. The highest BCUT2D eigenvalue weighted by molar-refractivity contribution is 7.94. The molecular formula is C21H17ClFN5O3S. The maximum absolute atomic E-state index is 13.3. The summed E-state index contributed by atoms with van der Waals surface area (Å²) in [6, 6.07) is 16.9. The minimum Gasteiger partial charge on any atom is -0.321 e. The molecule has 0 bridgehead atoms. The number of rotatable bonds is 6. The van der Waals surface area contributed by atoms with Crippen LogP contribution in [0.4, 0.5) is 21.5 Å². The molecule has 0 fully saturated rings. The van der Waals surface area contributed by atoms with Gasteiger partial charge in [0, 0.05) is 18.1 Å². The van der Waals surface area contributed by atoms with E-state index >= 15 is 0 Å². The number of aromatic nitrogens is 2. The highest BCUT2D eigenvalue weighted by Gasteiger charge is 2.19. The third-order valence-corrected chi connectivity index (χ3v) is 5.80. The van der Waals surface area contributed by atoms with Crippen molar-refractivity contribution in [3.8, 4) is 0 Å². The first-order valence-corrected chi connectivity index (χ1v) is 11.2. The lowest BCUT2D eigenvalue weighted by Gasteiger charge is -2.10. The van der Waals surface area contributed by atoms with Crippen molar-refractivity contribution in [2.45, 2.75) is 0 Å². The zero-order valence-corrected chi connectivity index (χ0v) is 18.2. The first-order chi connectivity index (χ1) is 15.2. The Morgan fingerprint density at radius 3 is 2.38 bits per heavy atom. The summed E-state index contributed by atoms with van der Waals surface area (Å²) >= 11 is 5.76. The maximum Gasteiger partial charge on any atom is 0.321 e. The Balaban J connectivity index is 1.57. The van der Waals surface area contributed by atoms with Crippen LogP contribution in [-0.2, 0) is 17.3 Å². The van der Waals surface area contributed by atoms with E-state index in [0.717, 1.165) is 6.07 Å². The van der Waals surface area contributed by atoms with Crippen LogP contribution in [-0.4, -0.2) is 24.1 Å². The number of amides is 1. The summed E-state index contributed by atoms with van der Waals surface area (Å²) in [6.45, 7) is 0. The fourth-order valence-electron chi connectivity index (χ4n) is 3.14. The number of anilines is 3. The molecule has 164 valence electrons. The van der Waals surface area contributed by atoms with Gasteiger partial charge in [0.1, 0.15) is 11.5 Å². The predicted molar refractivity (Wildman–Crippen MR) is 123 cm³/mol. The van der Waals surface area contributed by atoms with Crippen LogP contribution in [0.2, 0.25) is 5.02 Å². The molecule has 1 heterocycles. The number of fused-ring (bicyclic) bond motifs is 1. The Morgan fingerprint density at radius 1 is 0.969 bits per heavy atom. The van der Waals surface area contributed by atoms with Gasteiger partial charge < -0.3 is 5.32 Å². The number of benzene rings is 3.